The maximum absolute atomic E-state index is 11.7. The third kappa shape index (κ3) is 5.57. The van der Waals surface area contributed by atoms with Crippen LogP contribution in [0.15, 0.2) is 30.3 Å². The minimum Gasteiger partial charge on any atom is -0.494 e. The number of amides is 1. The predicted octanol–water partition coefficient (Wildman–Crippen LogP) is 1.91. The minimum absolute atomic E-state index is 0.0447. The molecule has 0 fully saturated rings. The normalized spacial score (nSPS) is 10.7. The van der Waals surface area contributed by atoms with E-state index in [1.807, 2.05) is 24.3 Å². The Bertz CT molecular complexity index is 413. The molecule has 0 aliphatic carbocycles. The van der Waals surface area contributed by atoms with Gasteiger partial charge in [-0.2, -0.15) is 0 Å². The van der Waals surface area contributed by atoms with Crippen molar-refractivity contribution in [3.05, 3.63) is 35.9 Å². The highest BCUT2D eigenvalue weighted by Crippen LogP contribution is 2.13. The topological polar surface area (TPSA) is 55.6 Å². The van der Waals surface area contributed by atoms with Crippen molar-refractivity contribution in [1.82, 2.24) is 4.90 Å². The number of nitrogens with two attached hydrogens (primary N) is 1. The van der Waals surface area contributed by atoms with E-state index < -0.39 is 0 Å². The van der Waals surface area contributed by atoms with Gasteiger partial charge in [0.15, 0.2) is 0 Å². The summed E-state index contributed by atoms with van der Waals surface area (Å²) in [5.41, 5.74) is 6.37. The van der Waals surface area contributed by atoms with E-state index in [4.69, 9.17) is 10.5 Å². The van der Waals surface area contributed by atoms with E-state index in [1.54, 1.807) is 24.1 Å². The Kier molecular flexibility index (Phi) is 6.68. The SMILES string of the molecule is CCCOc1ccc(/C=C/C(=O)N(C)CCN)cc1. The van der Waals surface area contributed by atoms with Crippen molar-refractivity contribution in [2.45, 2.75) is 13.3 Å². The van der Waals surface area contributed by atoms with Crippen LogP contribution in [0, 0.1) is 0 Å². The molecule has 0 unspecified atom stereocenters. The lowest BCUT2D eigenvalue weighted by Crippen LogP contribution is -2.30. The molecule has 104 valence electrons. The van der Waals surface area contributed by atoms with E-state index >= 15 is 0 Å². The van der Waals surface area contributed by atoms with E-state index in [-0.39, 0.29) is 5.91 Å². The van der Waals surface area contributed by atoms with Crippen LogP contribution in [0.4, 0.5) is 0 Å². The van der Waals surface area contributed by atoms with Crippen LogP contribution in [0.3, 0.4) is 0 Å². The zero-order valence-corrected chi connectivity index (χ0v) is 11.6. The number of hydrogen-bond donors (Lipinski definition) is 1. The third-order valence-corrected chi connectivity index (χ3v) is 2.61. The first kappa shape index (κ1) is 15.2. The summed E-state index contributed by atoms with van der Waals surface area (Å²) in [6.45, 7) is 3.82. The number of nitrogens with zero attached hydrogens (tertiary/aromatic N) is 1. The van der Waals surface area contributed by atoms with Crippen LogP contribution in [0.25, 0.3) is 6.08 Å². The second-order valence-corrected chi connectivity index (χ2v) is 4.30. The van der Waals surface area contributed by atoms with Gasteiger partial charge >= 0.3 is 0 Å². The van der Waals surface area contributed by atoms with Crippen LogP contribution in [0.1, 0.15) is 18.9 Å². The second kappa shape index (κ2) is 8.32. The number of ether oxygens (including phenoxy) is 1. The van der Waals surface area contributed by atoms with Crippen molar-refractivity contribution in [1.29, 1.82) is 0 Å². The van der Waals surface area contributed by atoms with Gasteiger partial charge in [-0.15, -0.1) is 0 Å². The summed E-state index contributed by atoms with van der Waals surface area (Å²) in [6, 6.07) is 7.67. The van der Waals surface area contributed by atoms with Gasteiger partial charge in [-0.25, -0.2) is 0 Å². The molecule has 1 aromatic carbocycles. The Morgan fingerprint density at radius 1 is 1.37 bits per heavy atom. The predicted molar refractivity (Wildman–Crippen MR) is 78.0 cm³/mol. The van der Waals surface area contributed by atoms with E-state index in [0.29, 0.717) is 13.1 Å². The molecule has 0 aliphatic heterocycles. The fourth-order valence-electron chi connectivity index (χ4n) is 1.49. The largest absolute Gasteiger partial charge is 0.494 e. The Hall–Kier alpha value is -1.81. The highest BCUT2D eigenvalue weighted by Gasteiger charge is 2.02. The molecule has 0 bridgehead atoms. The van der Waals surface area contributed by atoms with E-state index in [2.05, 4.69) is 6.92 Å². The van der Waals surface area contributed by atoms with Gasteiger partial charge in [0.05, 0.1) is 6.61 Å². The molecule has 0 aromatic heterocycles. The lowest BCUT2D eigenvalue weighted by molar-refractivity contribution is -0.124. The molecular formula is C15H22N2O2. The number of carbonyl (C=O) groups is 1. The summed E-state index contributed by atoms with van der Waals surface area (Å²) in [4.78, 5) is 13.3. The van der Waals surface area contributed by atoms with Crippen molar-refractivity contribution < 1.29 is 9.53 Å². The summed E-state index contributed by atoms with van der Waals surface area (Å²) in [5, 5.41) is 0. The van der Waals surface area contributed by atoms with E-state index in [0.717, 1.165) is 24.3 Å². The number of rotatable bonds is 7. The average molecular weight is 262 g/mol. The molecule has 0 saturated heterocycles. The maximum Gasteiger partial charge on any atom is 0.246 e. The van der Waals surface area contributed by atoms with Gasteiger partial charge in [-0.1, -0.05) is 19.1 Å². The van der Waals surface area contributed by atoms with Crippen molar-refractivity contribution in [2.24, 2.45) is 5.73 Å². The van der Waals surface area contributed by atoms with Gasteiger partial charge in [0.1, 0.15) is 5.75 Å². The van der Waals surface area contributed by atoms with E-state index in [9.17, 15) is 4.79 Å². The van der Waals surface area contributed by atoms with Crippen molar-refractivity contribution in [3.63, 3.8) is 0 Å². The molecule has 0 saturated carbocycles. The Labute approximate surface area is 114 Å². The first-order chi connectivity index (χ1) is 9.17. The Balaban J connectivity index is 2.54. The third-order valence-electron chi connectivity index (χ3n) is 2.61. The average Bonchev–Trinajstić information content (AvgIpc) is 2.43. The van der Waals surface area contributed by atoms with Crippen LogP contribution in [0.2, 0.25) is 0 Å². The standard InChI is InChI=1S/C15H22N2O2/c1-3-12-19-14-7-4-13(5-8-14)6-9-15(18)17(2)11-10-16/h4-9H,3,10-12,16H2,1-2H3/b9-6+. The van der Waals surface area contributed by atoms with Crippen molar-refractivity contribution in [2.75, 3.05) is 26.7 Å². The molecule has 1 aromatic rings. The zero-order valence-electron chi connectivity index (χ0n) is 11.6. The minimum atomic E-state index is -0.0447. The van der Waals surface area contributed by atoms with Gasteiger partial charge in [0.2, 0.25) is 5.91 Å². The maximum atomic E-state index is 11.7. The van der Waals surface area contributed by atoms with Crippen LogP contribution in [-0.2, 0) is 4.79 Å². The van der Waals surface area contributed by atoms with Gasteiger partial charge in [-0.05, 0) is 30.2 Å². The number of likely N-dealkylation sites (N-methyl/N-ethyl adjacent to an activating group) is 1. The molecule has 19 heavy (non-hydrogen) atoms. The van der Waals surface area contributed by atoms with Gasteiger partial charge in [-0.3, -0.25) is 4.79 Å². The smallest absolute Gasteiger partial charge is 0.246 e. The van der Waals surface area contributed by atoms with Gasteiger partial charge < -0.3 is 15.4 Å². The van der Waals surface area contributed by atoms with Gasteiger partial charge in [0.25, 0.3) is 0 Å². The summed E-state index contributed by atoms with van der Waals surface area (Å²) >= 11 is 0. The zero-order chi connectivity index (χ0) is 14.1. The Morgan fingerprint density at radius 3 is 2.63 bits per heavy atom. The van der Waals surface area contributed by atoms with Crippen LogP contribution in [-0.4, -0.2) is 37.6 Å². The second-order valence-electron chi connectivity index (χ2n) is 4.30. The number of benzene rings is 1. The lowest BCUT2D eigenvalue weighted by atomic mass is 10.2. The summed E-state index contributed by atoms with van der Waals surface area (Å²) in [5.74, 6) is 0.808. The molecule has 4 nitrogen and oxygen atoms in total. The van der Waals surface area contributed by atoms with E-state index in [1.165, 1.54) is 0 Å². The fourth-order valence-corrected chi connectivity index (χ4v) is 1.49. The van der Waals surface area contributed by atoms with Crippen LogP contribution in [0.5, 0.6) is 5.75 Å². The Morgan fingerprint density at radius 2 is 2.05 bits per heavy atom. The summed E-state index contributed by atoms with van der Waals surface area (Å²) < 4.78 is 5.49. The molecular weight excluding hydrogens is 240 g/mol. The highest BCUT2D eigenvalue weighted by atomic mass is 16.5. The number of hydrogen-bond acceptors (Lipinski definition) is 3. The molecule has 1 rings (SSSR count). The molecule has 0 aliphatic rings. The van der Waals surface area contributed by atoms with Crippen LogP contribution >= 0.6 is 0 Å². The summed E-state index contributed by atoms with van der Waals surface area (Å²) in [7, 11) is 1.74. The molecule has 2 N–H and O–H groups in total. The van der Waals surface area contributed by atoms with Crippen molar-refractivity contribution in [3.8, 4) is 5.75 Å². The molecule has 1 amide bonds. The fraction of sp³-hybridized carbons (Fsp3) is 0.400. The molecule has 0 radical (unpaired) electrons. The van der Waals surface area contributed by atoms with Crippen molar-refractivity contribution >= 4 is 12.0 Å². The molecule has 0 heterocycles. The quantitative estimate of drug-likeness (QED) is 0.764. The first-order valence-electron chi connectivity index (χ1n) is 6.53. The number of carbonyl (C=O) groups excluding carboxylic acids is 1. The molecule has 0 atom stereocenters. The van der Waals surface area contributed by atoms with Gasteiger partial charge in [0, 0.05) is 26.2 Å². The lowest BCUT2D eigenvalue weighted by Gasteiger charge is -2.12. The van der Waals surface area contributed by atoms with Crippen LogP contribution < -0.4 is 10.5 Å². The highest BCUT2D eigenvalue weighted by molar-refractivity contribution is 5.91. The summed E-state index contributed by atoms with van der Waals surface area (Å²) in [6.07, 6.45) is 4.33. The molecule has 0 spiro atoms. The molecule has 4 heteroatoms. The monoisotopic (exact) mass is 262 g/mol. The first-order valence-corrected chi connectivity index (χ1v) is 6.53.